The van der Waals surface area contributed by atoms with Crippen LogP contribution in [0, 0.1) is 0 Å². The molecule has 7 heteroatoms. The Hall–Kier alpha value is -2.44. The molecule has 0 spiro atoms. The Labute approximate surface area is 175 Å². The van der Waals surface area contributed by atoms with Crippen molar-refractivity contribution < 1.29 is 14.3 Å². The highest BCUT2D eigenvalue weighted by atomic mass is 35.5. The highest BCUT2D eigenvalue weighted by Gasteiger charge is 2.36. The zero-order valence-corrected chi connectivity index (χ0v) is 17.2. The number of carbonyl (C=O) groups excluding carboxylic acids is 1. The largest absolute Gasteiger partial charge is 0.493 e. The molecule has 0 aromatic heterocycles. The van der Waals surface area contributed by atoms with Crippen molar-refractivity contribution in [3.8, 4) is 11.5 Å². The number of benzene rings is 2. The number of nitrogens with one attached hydrogen (secondary N) is 3. The third-order valence-electron chi connectivity index (χ3n) is 5.59. The zero-order chi connectivity index (χ0) is 20.2. The smallest absolute Gasteiger partial charge is 0.315 e. The summed E-state index contributed by atoms with van der Waals surface area (Å²) in [6.07, 6.45) is 2.94. The summed E-state index contributed by atoms with van der Waals surface area (Å²) >= 11 is 6.50. The molecule has 2 fully saturated rings. The molecule has 1 saturated heterocycles. The molecule has 1 aliphatic carbocycles. The van der Waals surface area contributed by atoms with Gasteiger partial charge in [0.25, 0.3) is 0 Å². The van der Waals surface area contributed by atoms with E-state index in [9.17, 15) is 4.79 Å². The van der Waals surface area contributed by atoms with E-state index < -0.39 is 0 Å². The van der Waals surface area contributed by atoms with Crippen LogP contribution in [-0.2, 0) is 13.2 Å². The van der Waals surface area contributed by atoms with Crippen molar-refractivity contribution in [2.24, 2.45) is 0 Å². The molecule has 4 rings (SSSR count). The second kappa shape index (κ2) is 8.93. The predicted octanol–water partition coefficient (Wildman–Crippen LogP) is 3.62. The topological polar surface area (TPSA) is 71.6 Å². The first-order valence-electron chi connectivity index (χ1n) is 9.96. The van der Waals surface area contributed by atoms with E-state index in [1.54, 1.807) is 7.11 Å². The molecule has 3 N–H and O–H groups in total. The van der Waals surface area contributed by atoms with Crippen molar-refractivity contribution in [2.45, 2.75) is 50.5 Å². The summed E-state index contributed by atoms with van der Waals surface area (Å²) in [4.78, 5) is 11.5. The predicted molar refractivity (Wildman–Crippen MR) is 113 cm³/mol. The SMILES string of the molecule is COc1cc(CNC2CCC3NC(=O)NC3C2)cc(Cl)c1OCc1ccccc1. The van der Waals surface area contributed by atoms with Crippen LogP contribution in [-0.4, -0.2) is 31.3 Å². The second-order valence-electron chi connectivity index (χ2n) is 7.60. The van der Waals surface area contributed by atoms with Gasteiger partial charge in [0.15, 0.2) is 11.5 Å². The third-order valence-corrected chi connectivity index (χ3v) is 5.87. The standard InChI is InChI=1S/C22H26ClN3O3/c1-28-20-10-15(9-17(23)21(20)29-13-14-5-3-2-4-6-14)12-24-16-7-8-18-19(11-16)26-22(27)25-18/h2-6,9-10,16,18-19,24H,7-8,11-13H2,1H3,(H2,25,26,27). The summed E-state index contributed by atoms with van der Waals surface area (Å²) in [5.41, 5.74) is 2.11. The molecular weight excluding hydrogens is 390 g/mol. The van der Waals surface area contributed by atoms with Gasteiger partial charge in [-0.25, -0.2) is 4.79 Å². The van der Waals surface area contributed by atoms with Crippen molar-refractivity contribution in [1.29, 1.82) is 0 Å². The molecule has 2 aromatic carbocycles. The fourth-order valence-electron chi connectivity index (χ4n) is 4.07. The first kappa shape index (κ1) is 19.9. The van der Waals surface area contributed by atoms with E-state index in [1.165, 1.54) is 0 Å². The number of halogens is 1. The molecule has 2 aliphatic rings. The average Bonchev–Trinajstić information content (AvgIpc) is 3.11. The summed E-state index contributed by atoms with van der Waals surface area (Å²) in [6.45, 7) is 1.11. The van der Waals surface area contributed by atoms with Crippen molar-refractivity contribution in [3.05, 3.63) is 58.6 Å². The van der Waals surface area contributed by atoms with Crippen LogP contribution in [0.2, 0.25) is 5.02 Å². The van der Waals surface area contributed by atoms with Crippen molar-refractivity contribution in [3.63, 3.8) is 0 Å². The lowest BCUT2D eigenvalue weighted by molar-refractivity contribution is 0.247. The van der Waals surface area contributed by atoms with Gasteiger partial charge >= 0.3 is 6.03 Å². The molecule has 154 valence electrons. The zero-order valence-electron chi connectivity index (χ0n) is 16.4. The van der Waals surface area contributed by atoms with Gasteiger partial charge in [0.05, 0.1) is 24.2 Å². The van der Waals surface area contributed by atoms with E-state index in [-0.39, 0.29) is 18.1 Å². The molecule has 0 radical (unpaired) electrons. The Morgan fingerprint density at radius 1 is 1.10 bits per heavy atom. The van der Waals surface area contributed by atoms with Crippen LogP contribution >= 0.6 is 11.6 Å². The van der Waals surface area contributed by atoms with Crippen molar-refractivity contribution >= 4 is 17.6 Å². The highest BCUT2D eigenvalue weighted by molar-refractivity contribution is 6.32. The van der Waals surface area contributed by atoms with Gasteiger partial charge in [-0.05, 0) is 42.5 Å². The van der Waals surface area contributed by atoms with E-state index in [0.717, 1.165) is 30.4 Å². The van der Waals surface area contributed by atoms with E-state index in [2.05, 4.69) is 16.0 Å². The number of ether oxygens (including phenoxy) is 2. The number of amides is 2. The molecule has 2 amide bonds. The van der Waals surface area contributed by atoms with Crippen LogP contribution in [0.5, 0.6) is 11.5 Å². The molecule has 6 nitrogen and oxygen atoms in total. The summed E-state index contributed by atoms with van der Waals surface area (Å²) in [5, 5.41) is 10.1. The summed E-state index contributed by atoms with van der Waals surface area (Å²) in [6, 6.07) is 14.6. The van der Waals surface area contributed by atoms with Gasteiger partial charge < -0.3 is 25.4 Å². The quantitative estimate of drug-likeness (QED) is 0.645. The number of fused-ring (bicyclic) bond motifs is 1. The minimum absolute atomic E-state index is 0.0525. The monoisotopic (exact) mass is 415 g/mol. The molecular formula is C22H26ClN3O3. The molecule has 2 aromatic rings. The normalized spacial score (nSPS) is 23.1. The van der Waals surface area contributed by atoms with E-state index in [1.807, 2.05) is 42.5 Å². The molecule has 0 bridgehead atoms. The van der Waals surface area contributed by atoms with Crippen LogP contribution in [0.15, 0.2) is 42.5 Å². The fourth-order valence-corrected chi connectivity index (χ4v) is 4.36. The average molecular weight is 416 g/mol. The van der Waals surface area contributed by atoms with Crippen molar-refractivity contribution in [2.75, 3.05) is 7.11 Å². The number of hydrogen-bond donors (Lipinski definition) is 3. The van der Waals surface area contributed by atoms with Gasteiger partial charge in [-0.3, -0.25) is 0 Å². The van der Waals surface area contributed by atoms with Gasteiger partial charge in [-0.1, -0.05) is 41.9 Å². The molecule has 3 unspecified atom stereocenters. The Morgan fingerprint density at radius 2 is 1.90 bits per heavy atom. The molecule has 1 saturated carbocycles. The lowest BCUT2D eigenvalue weighted by Crippen LogP contribution is -2.46. The van der Waals surface area contributed by atoms with Gasteiger partial charge in [-0.15, -0.1) is 0 Å². The van der Waals surface area contributed by atoms with Gasteiger partial charge in [0.2, 0.25) is 0 Å². The minimum atomic E-state index is -0.0525. The summed E-state index contributed by atoms with van der Waals surface area (Å²) in [5.74, 6) is 1.18. The lowest BCUT2D eigenvalue weighted by Gasteiger charge is -2.31. The summed E-state index contributed by atoms with van der Waals surface area (Å²) in [7, 11) is 1.62. The van der Waals surface area contributed by atoms with E-state index in [4.69, 9.17) is 21.1 Å². The van der Waals surface area contributed by atoms with Crippen LogP contribution in [0.1, 0.15) is 30.4 Å². The molecule has 1 aliphatic heterocycles. The Bertz CT molecular complexity index is 862. The first-order valence-corrected chi connectivity index (χ1v) is 10.3. The maximum Gasteiger partial charge on any atom is 0.315 e. The third kappa shape index (κ3) is 4.77. The van der Waals surface area contributed by atoms with Crippen LogP contribution in [0.3, 0.4) is 0 Å². The van der Waals surface area contributed by atoms with Gasteiger partial charge in [-0.2, -0.15) is 0 Å². The minimum Gasteiger partial charge on any atom is -0.493 e. The number of rotatable bonds is 7. The van der Waals surface area contributed by atoms with Crippen molar-refractivity contribution in [1.82, 2.24) is 16.0 Å². The van der Waals surface area contributed by atoms with Crippen LogP contribution < -0.4 is 25.4 Å². The Balaban J connectivity index is 1.37. The molecule has 3 atom stereocenters. The van der Waals surface area contributed by atoms with E-state index in [0.29, 0.717) is 35.7 Å². The highest BCUT2D eigenvalue weighted by Crippen LogP contribution is 2.37. The molecule has 29 heavy (non-hydrogen) atoms. The fraction of sp³-hybridized carbons (Fsp3) is 0.409. The van der Waals surface area contributed by atoms with Crippen LogP contribution in [0.4, 0.5) is 4.79 Å². The van der Waals surface area contributed by atoms with Crippen LogP contribution in [0.25, 0.3) is 0 Å². The lowest BCUT2D eigenvalue weighted by atomic mass is 9.88. The number of urea groups is 1. The van der Waals surface area contributed by atoms with E-state index >= 15 is 0 Å². The number of carbonyl (C=O) groups is 1. The number of hydrogen-bond acceptors (Lipinski definition) is 4. The Kier molecular flexibility index (Phi) is 6.11. The maximum atomic E-state index is 11.5. The number of methoxy groups -OCH3 is 1. The summed E-state index contributed by atoms with van der Waals surface area (Å²) < 4.78 is 11.4. The van der Waals surface area contributed by atoms with Gasteiger partial charge in [0.1, 0.15) is 6.61 Å². The Morgan fingerprint density at radius 3 is 2.69 bits per heavy atom. The maximum absolute atomic E-state index is 11.5. The molecule has 1 heterocycles. The van der Waals surface area contributed by atoms with Gasteiger partial charge in [0, 0.05) is 12.6 Å². The second-order valence-corrected chi connectivity index (χ2v) is 8.01. The first-order chi connectivity index (χ1) is 14.1.